The van der Waals surface area contributed by atoms with Gasteiger partial charge in [-0.3, -0.25) is 9.59 Å². The van der Waals surface area contributed by atoms with Gasteiger partial charge in [-0.05, 0) is 19.1 Å². The maximum Gasteiger partial charge on any atom is 0.196 e. The van der Waals surface area contributed by atoms with Gasteiger partial charge in [0.25, 0.3) is 0 Å². The fraction of sp³-hybridized carbons (Fsp3) is 0.308. The highest BCUT2D eigenvalue weighted by Crippen LogP contribution is 2.36. The molecule has 0 radical (unpaired) electrons. The van der Waals surface area contributed by atoms with Crippen LogP contribution in [0.25, 0.3) is 10.2 Å². The van der Waals surface area contributed by atoms with Crippen LogP contribution in [0.3, 0.4) is 0 Å². The molecule has 0 amide bonds. The van der Waals surface area contributed by atoms with Crippen molar-refractivity contribution in [2.75, 3.05) is 6.61 Å². The molecular formula is C13H13NO3S3. The van der Waals surface area contributed by atoms with E-state index in [-0.39, 0.29) is 16.7 Å². The third kappa shape index (κ3) is 3.34. The van der Waals surface area contributed by atoms with E-state index in [0.29, 0.717) is 11.6 Å². The molecule has 106 valence electrons. The lowest BCUT2D eigenvalue weighted by atomic mass is 10.1. The summed E-state index contributed by atoms with van der Waals surface area (Å²) in [6, 6.07) is 5.55. The number of hydrogen-bond acceptors (Lipinski definition) is 5. The summed E-state index contributed by atoms with van der Waals surface area (Å²) in [6.45, 7) is 2.46. The van der Waals surface area contributed by atoms with Gasteiger partial charge in [0.05, 0.1) is 22.7 Å². The fourth-order valence-corrected chi connectivity index (χ4v) is 3.43. The first-order valence-corrected chi connectivity index (χ1v) is 7.70. The van der Waals surface area contributed by atoms with Crippen molar-refractivity contribution in [3.63, 3.8) is 0 Å². The van der Waals surface area contributed by atoms with E-state index >= 15 is 0 Å². The Labute approximate surface area is 131 Å². The minimum Gasteiger partial charge on any atom is -0.492 e. The molecule has 0 N–H and O–H groups in total. The molecule has 7 heteroatoms. The van der Waals surface area contributed by atoms with Gasteiger partial charge in [0.2, 0.25) is 0 Å². The number of thiazole rings is 1. The van der Waals surface area contributed by atoms with Gasteiger partial charge in [-0.1, -0.05) is 6.07 Å². The van der Waals surface area contributed by atoms with Crippen LogP contribution in [0.1, 0.15) is 24.3 Å². The summed E-state index contributed by atoms with van der Waals surface area (Å²) in [7, 11) is 0. The molecule has 0 fully saturated rings. The molecule has 1 aromatic heterocycles. The third-order valence-corrected chi connectivity index (χ3v) is 4.36. The summed E-state index contributed by atoms with van der Waals surface area (Å²) in [4.78, 5) is 27.1. The summed E-state index contributed by atoms with van der Waals surface area (Å²) in [6.07, 6.45) is -0.00473. The average Bonchev–Trinajstić information content (AvgIpc) is 2.80. The summed E-state index contributed by atoms with van der Waals surface area (Å²) >= 11 is 8.91. The lowest BCUT2D eigenvalue weighted by Crippen LogP contribution is -2.09. The first kappa shape index (κ1) is 15.3. The number of thiol groups is 2. The lowest BCUT2D eigenvalue weighted by Gasteiger charge is -2.06. The van der Waals surface area contributed by atoms with E-state index < -0.39 is 5.92 Å². The molecule has 1 atom stereocenters. The smallest absolute Gasteiger partial charge is 0.196 e. The van der Waals surface area contributed by atoms with Crippen LogP contribution in [-0.4, -0.2) is 21.8 Å². The molecule has 0 spiro atoms. The Hall–Kier alpha value is -1.05. The van der Waals surface area contributed by atoms with Crippen molar-refractivity contribution < 1.29 is 14.3 Å². The van der Waals surface area contributed by atoms with Gasteiger partial charge in [-0.25, -0.2) is 4.98 Å². The average molecular weight is 327 g/mol. The number of carbonyl (C=O) groups excluding carboxylic acids is 2. The Morgan fingerprint density at radius 3 is 2.75 bits per heavy atom. The maximum absolute atomic E-state index is 11.6. The highest BCUT2D eigenvalue weighted by Gasteiger charge is 2.24. The largest absolute Gasteiger partial charge is 0.492 e. The molecule has 4 nitrogen and oxygen atoms in total. The molecule has 1 heterocycles. The molecule has 0 aliphatic carbocycles. The van der Waals surface area contributed by atoms with Gasteiger partial charge >= 0.3 is 0 Å². The van der Waals surface area contributed by atoms with Crippen molar-refractivity contribution in [2.45, 2.75) is 19.3 Å². The zero-order valence-corrected chi connectivity index (χ0v) is 13.3. The number of aromatic nitrogens is 1. The highest BCUT2D eigenvalue weighted by molar-refractivity contribution is 7.97. The highest BCUT2D eigenvalue weighted by atomic mass is 32.1. The standard InChI is InChI=1S/C13H13NO3S3/c1-2-17-9-5-3-4-8-11(9)20-12(14-8)7(13(16)19)6-10(15)18/h3-5,7H,2,6H2,1H3,(H,15,18)(H,16,19). The monoisotopic (exact) mass is 327 g/mol. The molecule has 0 saturated carbocycles. The van der Waals surface area contributed by atoms with Crippen molar-refractivity contribution in [3.05, 3.63) is 23.2 Å². The van der Waals surface area contributed by atoms with E-state index in [1.807, 2.05) is 25.1 Å². The van der Waals surface area contributed by atoms with Gasteiger partial charge in [0, 0.05) is 6.42 Å². The minimum atomic E-state index is -0.657. The fourth-order valence-electron chi connectivity index (χ4n) is 1.81. The van der Waals surface area contributed by atoms with Crippen molar-refractivity contribution in [1.82, 2.24) is 4.98 Å². The molecule has 0 aliphatic heterocycles. The summed E-state index contributed by atoms with van der Waals surface area (Å²) in [5.74, 6) is 0.0755. The molecule has 1 unspecified atom stereocenters. The number of ether oxygens (including phenoxy) is 1. The second-order valence-corrected chi connectivity index (χ2v) is 6.05. The van der Waals surface area contributed by atoms with Crippen molar-refractivity contribution >= 4 is 57.0 Å². The zero-order valence-electron chi connectivity index (χ0n) is 10.7. The summed E-state index contributed by atoms with van der Waals surface area (Å²) in [5.41, 5.74) is 0.752. The van der Waals surface area contributed by atoms with E-state index in [1.54, 1.807) is 0 Å². The molecule has 2 rings (SSSR count). The molecule has 0 saturated heterocycles. The number of fused-ring (bicyclic) bond motifs is 1. The van der Waals surface area contributed by atoms with Crippen molar-refractivity contribution in [3.8, 4) is 5.75 Å². The first-order chi connectivity index (χ1) is 9.52. The SMILES string of the molecule is CCOc1cccc2nc(C(CC(=O)S)C(=O)S)sc12. The topological polar surface area (TPSA) is 56.3 Å². The zero-order chi connectivity index (χ0) is 14.7. The van der Waals surface area contributed by atoms with Crippen LogP contribution in [0.5, 0.6) is 5.75 Å². The predicted molar refractivity (Wildman–Crippen MR) is 86.1 cm³/mol. The molecule has 2 aromatic rings. The second kappa shape index (κ2) is 6.60. The molecule has 20 heavy (non-hydrogen) atoms. The number of carbonyl (C=O) groups is 2. The first-order valence-electron chi connectivity index (χ1n) is 5.99. The molecule has 0 aliphatic rings. The van der Waals surface area contributed by atoms with Gasteiger partial charge in [-0.2, -0.15) is 0 Å². The predicted octanol–water partition coefficient (Wildman–Crippen LogP) is 3.08. The van der Waals surface area contributed by atoms with Crippen molar-refractivity contribution in [1.29, 1.82) is 0 Å². The minimum absolute atomic E-state index is 0.00473. The van der Waals surface area contributed by atoms with E-state index in [9.17, 15) is 9.59 Å². The quantitative estimate of drug-likeness (QED) is 0.801. The number of benzene rings is 1. The third-order valence-electron chi connectivity index (χ3n) is 2.67. The van der Waals surface area contributed by atoms with Gasteiger partial charge in [0.1, 0.15) is 10.8 Å². The number of hydrogen-bond donors (Lipinski definition) is 2. The van der Waals surface area contributed by atoms with Gasteiger partial charge in [-0.15, -0.1) is 36.6 Å². The van der Waals surface area contributed by atoms with Crippen LogP contribution in [0.2, 0.25) is 0 Å². The van der Waals surface area contributed by atoms with Crippen LogP contribution in [0, 0.1) is 0 Å². The van der Waals surface area contributed by atoms with E-state index in [1.165, 1.54) is 11.3 Å². The Morgan fingerprint density at radius 1 is 1.40 bits per heavy atom. The van der Waals surface area contributed by atoms with Crippen LogP contribution in [-0.2, 0) is 9.59 Å². The Balaban J connectivity index is 2.46. The Kier molecular flexibility index (Phi) is 5.06. The Morgan fingerprint density at radius 2 is 2.15 bits per heavy atom. The molecular weight excluding hydrogens is 314 g/mol. The van der Waals surface area contributed by atoms with Crippen molar-refractivity contribution in [2.24, 2.45) is 0 Å². The van der Waals surface area contributed by atoms with Crippen LogP contribution < -0.4 is 4.74 Å². The van der Waals surface area contributed by atoms with Crippen LogP contribution >= 0.6 is 36.6 Å². The van der Waals surface area contributed by atoms with E-state index in [2.05, 4.69) is 30.2 Å². The normalized spacial score (nSPS) is 12.3. The molecule has 1 aromatic carbocycles. The lowest BCUT2D eigenvalue weighted by molar-refractivity contribution is -0.116. The van der Waals surface area contributed by atoms with Crippen LogP contribution in [0.4, 0.5) is 0 Å². The van der Waals surface area contributed by atoms with Gasteiger partial charge < -0.3 is 4.74 Å². The van der Waals surface area contributed by atoms with Crippen LogP contribution in [0.15, 0.2) is 18.2 Å². The van der Waals surface area contributed by atoms with E-state index in [0.717, 1.165) is 16.0 Å². The maximum atomic E-state index is 11.6. The number of rotatable bonds is 6. The Bertz CT molecular complexity index is 653. The summed E-state index contributed by atoms with van der Waals surface area (Å²) < 4.78 is 6.41. The second-order valence-electron chi connectivity index (χ2n) is 4.08. The summed E-state index contributed by atoms with van der Waals surface area (Å²) in [5, 5.41) is -0.180. The number of nitrogens with zero attached hydrogens (tertiary/aromatic N) is 1. The van der Waals surface area contributed by atoms with E-state index in [4.69, 9.17) is 4.74 Å². The van der Waals surface area contributed by atoms with Gasteiger partial charge in [0.15, 0.2) is 10.2 Å². The molecule has 0 bridgehead atoms.